The predicted molar refractivity (Wildman–Crippen MR) is 156 cm³/mol. The summed E-state index contributed by atoms with van der Waals surface area (Å²) in [4.78, 5) is 17.7. The lowest BCUT2D eigenvalue weighted by Gasteiger charge is -2.15. The van der Waals surface area contributed by atoms with Crippen molar-refractivity contribution in [1.29, 1.82) is 0 Å². The van der Waals surface area contributed by atoms with Crippen LogP contribution in [0.25, 0.3) is 5.69 Å². The smallest absolute Gasteiger partial charge is 0.314 e. The van der Waals surface area contributed by atoms with Gasteiger partial charge in [-0.15, -0.1) is 0 Å². The van der Waals surface area contributed by atoms with Crippen LogP contribution in [-0.2, 0) is 40.4 Å². The Labute approximate surface area is 244 Å². The normalized spacial score (nSPS) is 12.3. The van der Waals surface area contributed by atoms with Crippen molar-refractivity contribution in [3.05, 3.63) is 113 Å². The van der Waals surface area contributed by atoms with Crippen LogP contribution in [0.2, 0.25) is 0 Å². The Hall–Kier alpha value is -4.53. The lowest BCUT2D eigenvalue weighted by molar-refractivity contribution is -0.143. The summed E-state index contributed by atoms with van der Waals surface area (Å²) in [5, 5.41) is 8.45. The lowest BCUT2D eigenvalue weighted by atomic mass is 9.95. The van der Waals surface area contributed by atoms with Gasteiger partial charge in [-0.1, -0.05) is 43.3 Å². The highest BCUT2D eigenvalue weighted by Crippen LogP contribution is 2.20. The summed E-state index contributed by atoms with van der Waals surface area (Å²) in [5.41, 5.74) is 4.62. The van der Waals surface area contributed by atoms with E-state index in [-0.39, 0.29) is 12.2 Å². The summed E-state index contributed by atoms with van der Waals surface area (Å²) in [5.74, 6) is -1.29. The van der Waals surface area contributed by atoms with E-state index < -0.39 is 23.5 Å². The molecule has 0 aliphatic rings. The monoisotopic (exact) mass is 575 g/mol. The van der Waals surface area contributed by atoms with Gasteiger partial charge in [-0.25, -0.2) is 13.5 Å². The molecule has 0 N–H and O–H groups in total. The second kappa shape index (κ2) is 14.4. The van der Waals surface area contributed by atoms with Gasteiger partial charge in [0.25, 0.3) is 0 Å². The predicted octanol–water partition coefficient (Wildman–Crippen LogP) is 6.85. The minimum Gasteiger partial charge on any atom is -0.489 e. The van der Waals surface area contributed by atoms with E-state index in [0.717, 1.165) is 35.4 Å². The number of aromatic nitrogens is 2. The number of oxime groups is 1. The first kappa shape index (κ1) is 30.4. The summed E-state index contributed by atoms with van der Waals surface area (Å²) < 4.78 is 39.7. The molecule has 4 rings (SSSR count). The fourth-order valence-corrected chi connectivity index (χ4v) is 4.41. The van der Waals surface area contributed by atoms with Crippen molar-refractivity contribution in [3.63, 3.8) is 0 Å². The number of rotatable bonds is 13. The number of hydrogen-bond acceptors (Lipinski definition) is 6. The first-order valence-corrected chi connectivity index (χ1v) is 13.7. The average Bonchev–Trinajstić information content (AvgIpc) is 3.45. The van der Waals surface area contributed by atoms with Gasteiger partial charge in [0.1, 0.15) is 36.5 Å². The molecule has 0 fully saturated rings. The van der Waals surface area contributed by atoms with Gasteiger partial charge in [0.05, 0.1) is 24.7 Å². The number of nitrogens with zero attached hydrogens (tertiary/aromatic N) is 3. The first-order valence-electron chi connectivity index (χ1n) is 13.7. The topological polar surface area (TPSA) is 74.9 Å². The zero-order valence-corrected chi connectivity index (χ0v) is 24.2. The molecule has 3 aromatic carbocycles. The number of carbonyl (C=O) groups is 1. The largest absolute Gasteiger partial charge is 0.489 e. The van der Waals surface area contributed by atoms with Gasteiger partial charge in [0, 0.05) is 23.4 Å². The summed E-state index contributed by atoms with van der Waals surface area (Å²) >= 11 is 0. The van der Waals surface area contributed by atoms with Crippen LogP contribution in [0.1, 0.15) is 43.0 Å². The minimum absolute atomic E-state index is 0.154. The SMILES string of the molecule is COC(=O)C(Cc1ccc(OCc2cnn(-c3ccc(CC(C)C)cc3)c2)cc1)/C(C)=N/OCc1ccc(F)cc1F. The maximum Gasteiger partial charge on any atom is 0.314 e. The fourth-order valence-electron chi connectivity index (χ4n) is 4.41. The number of carbonyl (C=O) groups excluding carboxylic acids is 1. The van der Waals surface area contributed by atoms with Crippen molar-refractivity contribution in [2.75, 3.05) is 7.11 Å². The zero-order valence-electron chi connectivity index (χ0n) is 24.2. The third kappa shape index (κ3) is 8.49. The molecule has 9 heteroatoms. The van der Waals surface area contributed by atoms with Crippen LogP contribution in [0.4, 0.5) is 8.78 Å². The molecule has 7 nitrogen and oxygen atoms in total. The van der Waals surface area contributed by atoms with Crippen molar-refractivity contribution in [1.82, 2.24) is 9.78 Å². The van der Waals surface area contributed by atoms with E-state index in [1.165, 1.54) is 18.7 Å². The van der Waals surface area contributed by atoms with Gasteiger partial charge in [0.15, 0.2) is 0 Å². The molecule has 1 heterocycles. The molecule has 0 aliphatic heterocycles. The van der Waals surface area contributed by atoms with Crippen LogP contribution in [0.15, 0.2) is 84.3 Å². The molecule has 42 heavy (non-hydrogen) atoms. The minimum atomic E-state index is -0.727. The Morgan fingerprint density at radius 1 is 0.929 bits per heavy atom. The van der Waals surface area contributed by atoms with Crippen LogP contribution >= 0.6 is 0 Å². The van der Waals surface area contributed by atoms with E-state index in [1.807, 2.05) is 35.1 Å². The standard InChI is InChI=1S/C33H35F2N3O4/c1-22(2)15-24-5-11-29(12-6-24)38-19-26(18-36-38)20-41-30-13-7-25(8-14-30)16-31(33(39)40-4)23(3)37-42-21-27-9-10-28(34)17-32(27)35/h5-14,17-19,22,31H,15-16,20-21H2,1-4H3/b37-23+. The Morgan fingerprint density at radius 3 is 2.29 bits per heavy atom. The molecule has 0 aliphatic carbocycles. The van der Waals surface area contributed by atoms with Gasteiger partial charge in [0.2, 0.25) is 0 Å². The van der Waals surface area contributed by atoms with Gasteiger partial charge in [-0.2, -0.15) is 5.10 Å². The van der Waals surface area contributed by atoms with E-state index in [0.29, 0.717) is 30.4 Å². The molecular weight excluding hydrogens is 540 g/mol. The van der Waals surface area contributed by atoms with Crippen molar-refractivity contribution in [2.24, 2.45) is 17.0 Å². The number of hydrogen-bond donors (Lipinski definition) is 0. The lowest BCUT2D eigenvalue weighted by Crippen LogP contribution is -2.26. The van der Waals surface area contributed by atoms with E-state index in [1.54, 1.807) is 13.1 Å². The Kier molecular flexibility index (Phi) is 10.4. The van der Waals surface area contributed by atoms with Crippen molar-refractivity contribution < 1.29 is 27.9 Å². The van der Waals surface area contributed by atoms with Gasteiger partial charge in [-0.05, 0) is 73.2 Å². The Morgan fingerprint density at radius 2 is 1.62 bits per heavy atom. The molecule has 0 saturated heterocycles. The zero-order chi connectivity index (χ0) is 30.1. The molecule has 0 spiro atoms. The summed E-state index contributed by atoms with van der Waals surface area (Å²) in [7, 11) is 1.30. The fraction of sp³-hybridized carbons (Fsp3) is 0.303. The number of ether oxygens (including phenoxy) is 2. The summed E-state index contributed by atoms with van der Waals surface area (Å²) in [6, 6.07) is 19.0. The third-order valence-electron chi connectivity index (χ3n) is 6.68. The number of benzene rings is 3. The molecule has 4 aromatic rings. The van der Waals surface area contributed by atoms with Crippen LogP contribution in [0.5, 0.6) is 5.75 Å². The molecule has 1 aromatic heterocycles. The highest BCUT2D eigenvalue weighted by atomic mass is 19.1. The quantitative estimate of drug-likeness (QED) is 0.0990. The van der Waals surface area contributed by atoms with Gasteiger partial charge in [-0.3, -0.25) is 4.79 Å². The molecule has 220 valence electrons. The molecule has 0 amide bonds. The number of methoxy groups -OCH3 is 1. The van der Waals surface area contributed by atoms with Crippen molar-refractivity contribution >= 4 is 11.7 Å². The third-order valence-corrected chi connectivity index (χ3v) is 6.68. The Bertz CT molecular complexity index is 1500. The molecular formula is C33H35F2N3O4. The van der Waals surface area contributed by atoms with E-state index in [9.17, 15) is 13.6 Å². The van der Waals surface area contributed by atoms with Crippen LogP contribution in [0.3, 0.4) is 0 Å². The Balaban J connectivity index is 1.32. The molecule has 1 unspecified atom stereocenters. The highest BCUT2D eigenvalue weighted by molar-refractivity contribution is 6.00. The second-order valence-electron chi connectivity index (χ2n) is 10.5. The second-order valence-corrected chi connectivity index (χ2v) is 10.5. The number of halogens is 2. The maximum absolute atomic E-state index is 13.8. The van der Waals surface area contributed by atoms with Crippen molar-refractivity contribution in [2.45, 2.75) is 46.8 Å². The maximum atomic E-state index is 13.8. The highest BCUT2D eigenvalue weighted by Gasteiger charge is 2.24. The van der Waals surface area contributed by atoms with Crippen molar-refractivity contribution in [3.8, 4) is 11.4 Å². The molecule has 0 bridgehead atoms. The summed E-state index contributed by atoms with van der Waals surface area (Å²) in [6.07, 6.45) is 5.09. The first-order chi connectivity index (χ1) is 20.2. The van der Waals surface area contributed by atoms with E-state index in [4.69, 9.17) is 14.3 Å². The molecule has 1 atom stereocenters. The number of esters is 1. The molecule has 0 saturated carbocycles. The van der Waals surface area contributed by atoms with Crippen LogP contribution < -0.4 is 4.74 Å². The van der Waals surface area contributed by atoms with Gasteiger partial charge >= 0.3 is 5.97 Å². The summed E-state index contributed by atoms with van der Waals surface area (Å²) in [6.45, 7) is 6.20. The van der Waals surface area contributed by atoms with E-state index in [2.05, 4.69) is 48.4 Å². The van der Waals surface area contributed by atoms with Crippen LogP contribution in [-0.4, -0.2) is 28.6 Å². The van der Waals surface area contributed by atoms with E-state index >= 15 is 0 Å². The van der Waals surface area contributed by atoms with Crippen LogP contribution in [0, 0.1) is 23.5 Å². The van der Waals surface area contributed by atoms with Gasteiger partial charge < -0.3 is 14.3 Å². The molecule has 0 radical (unpaired) electrons. The average molecular weight is 576 g/mol.